The van der Waals surface area contributed by atoms with Gasteiger partial charge in [0, 0.05) is 23.7 Å². The highest BCUT2D eigenvalue weighted by Gasteiger charge is 2.16. The molecule has 3 heterocycles. The molecule has 8 nitrogen and oxygen atoms in total. The van der Waals surface area contributed by atoms with E-state index in [1.165, 1.54) is 0 Å². The van der Waals surface area contributed by atoms with E-state index < -0.39 is 0 Å². The molecule has 1 aromatic carbocycles. The predicted molar refractivity (Wildman–Crippen MR) is 117 cm³/mol. The average Bonchev–Trinajstić information content (AvgIpc) is 3.25. The molecule has 0 fully saturated rings. The van der Waals surface area contributed by atoms with Gasteiger partial charge in [-0.05, 0) is 57.4 Å². The maximum Gasteiger partial charge on any atom is 0.226 e. The van der Waals surface area contributed by atoms with Crippen LogP contribution in [0.2, 0.25) is 0 Å². The van der Waals surface area contributed by atoms with E-state index in [2.05, 4.69) is 34.1 Å². The molecule has 0 radical (unpaired) electrons. The summed E-state index contributed by atoms with van der Waals surface area (Å²) in [5.41, 5.74) is 11.9. The van der Waals surface area contributed by atoms with Crippen LogP contribution >= 0.6 is 0 Å². The SMILES string of the molecule is CCCc1nc(C)no1.COc1ccc(-c2c(C)nn3c(N)cc(C)nc23)c(C)c1. The molecule has 0 unspecified atom stereocenters. The number of anilines is 1. The Kier molecular flexibility index (Phi) is 6.34. The number of hydrogen-bond acceptors (Lipinski definition) is 7. The van der Waals surface area contributed by atoms with Gasteiger partial charge in [-0.1, -0.05) is 18.1 Å². The van der Waals surface area contributed by atoms with Crippen molar-refractivity contribution in [2.24, 2.45) is 0 Å². The van der Waals surface area contributed by atoms with Crippen LogP contribution in [0.4, 0.5) is 5.82 Å². The van der Waals surface area contributed by atoms with Gasteiger partial charge in [-0.2, -0.15) is 14.6 Å². The molecule has 30 heavy (non-hydrogen) atoms. The summed E-state index contributed by atoms with van der Waals surface area (Å²) in [6.07, 6.45) is 1.95. The number of ether oxygens (including phenoxy) is 1. The zero-order valence-electron chi connectivity index (χ0n) is 18.4. The maximum atomic E-state index is 6.04. The van der Waals surface area contributed by atoms with E-state index in [0.717, 1.165) is 64.0 Å². The molecule has 3 aromatic heterocycles. The summed E-state index contributed by atoms with van der Waals surface area (Å²) < 4.78 is 11.8. The number of nitrogens with zero attached hydrogens (tertiary/aromatic N) is 5. The molecule has 0 bridgehead atoms. The largest absolute Gasteiger partial charge is 0.497 e. The topological polar surface area (TPSA) is 104 Å². The van der Waals surface area contributed by atoms with Crippen molar-refractivity contribution < 1.29 is 9.26 Å². The summed E-state index contributed by atoms with van der Waals surface area (Å²) in [6, 6.07) is 7.82. The Balaban J connectivity index is 0.000000239. The molecular weight excluding hydrogens is 380 g/mol. The van der Waals surface area contributed by atoms with Crippen LogP contribution in [0.1, 0.15) is 42.0 Å². The normalized spacial score (nSPS) is 10.7. The first-order valence-electron chi connectivity index (χ1n) is 9.90. The summed E-state index contributed by atoms with van der Waals surface area (Å²) in [5.74, 6) is 2.90. The minimum Gasteiger partial charge on any atom is -0.497 e. The summed E-state index contributed by atoms with van der Waals surface area (Å²) >= 11 is 0. The number of aromatic nitrogens is 5. The lowest BCUT2D eigenvalue weighted by molar-refractivity contribution is 0.374. The van der Waals surface area contributed by atoms with Gasteiger partial charge in [-0.3, -0.25) is 0 Å². The van der Waals surface area contributed by atoms with Crippen molar-refractivity contribution in [3.63, 3.8) is 0 Å². The van der Waals surface area contributed by atoms with Crippen molar-refractivity contribution in [2.45, 2.75) is 47.5 Å². The molecule has 0 aliphatic heterocycles. The second-order valence-corrected chi connectivity index (χ2v) is 7.18. The molecule has 158 valence electrons. The van der Waals surface area contributed by atoms with Crippen molar-refractivity contribution in [1.82, 2.24) is 24.7 Å². The Hall–Kier alpha value is -3.42. The standard InChI is InChI=1S/C16H18N4O.C6H10N2O/c1-9-7-12(21-4)5-6-13(9)15-11(3)19-20-14(17)8-10(2)18-16(15)20;1-3-4-6-7-5(2)8-9-6/h5-8H,17H2,1-4H3;3-4H2,1-2H3. The molecule has 0 atom stereocenters. The Morgan fingerprint density at radius 1 is 1.10 bits per heavy atom. The smallest absolute Gasteiger partial charge is 0.226 e. The number of benzene rings is 1. The van der Waals surface area contributed by atoms with E-state index in [4.69, 9.17) is 15.0 Å². The quantitative estimate of drug-likeness (QED) is 0.538. The molecule has 4 rings (SSSR count). The zero-order chi connectivity index (χ0) is 21.8. The third-order valence-corrected chi connectivity index (χ3v) is 4.66. The molecule has 4 aromatic rings. The first-order valence-corrected chi connectivity index (χ1v) is 9.90. The minimum absolute atomic E-state index is 0.595. The molecule has 0 saturated carbocycles. The Morgan fingerprint density at radius 2 is 1.87 bits per heavy atom. The minimum atomic E-state index is 0.595. The van der Waals surface area contributed by atoms with Gasteiger partial charge in [0.15, 0.2) is 11.5 Å². The molecule has 0 aliphatic carbocycles. The number of rotatable bonds is 4. The summed E-state index contributed by atoms with van der Waals surface area (Å²) in [6.45, 7) is 9.87. The third-order valence-electron chi connectivity index (χ3n) is 4.66. The van der Waals surface area contributed by atoms with Crippen LogP contribution in [0, 0.1) is 27.7 Å². The van der Waals surface area contributed by atoms with E-state index >= 15 is 0 Å². The molecule has 0 aliphatic rings. The maximum absolute atomic E-state index is 6.04. The lowest BCUT2D eigenvalue weighted by Crippen LogP contribution is -2.01. The van der Waals surface area contributed by atoms with Crippen molar-refractivity contribution in [1.29, 1.82) is 0 Å². The van der Waals surface area contributed by atoms with Crippen molar-refractivity contribution in [2.75, 3.05) is 12.8 Å². The summed E-state index contributed by atoms with van der Waals surface area (Å²) in [4.78, 5) is 8.63. The van der Waals surface area contributed by atoms with Gasteiger partial charge in [0.2, 0.25) is 5.89 Å². The van der Waals surface area contributed by atoms with E-state index in [1.807, 2.05) is 45.0 Å². The molecular formula is C22H28N6O2. The fraction of sp³-hybridized carbons (Fsp3) is 0.364. The first kappa shape index (κ1) is 21.3. The zero-order valence-corrected chi connectivity index (χ0v) is 18.4. The van der Waals surface area contributed by atoms with Gasteiger partial charge in [-0.25, -0.2) is 4.98 Å². The van der Waals surface area contributed by atoms with Gasteiger partial charge in [0.1, 0.15) is 11.6 Å². The van der Waals surface area contributed by atoms with Crippen LogP contribution in [0.3, 0.4) is 0 Å². The van der Waals surface area contributed by atoms with Crippen LogP contribution in [0.15, 0.2) is 28.8 Å². The van der Waals surface area contributed by atoms with Crippen LogP contribution in [0.5, 0.6) is 5.75 Å². The second kappa shape index (κ2) is 8.94. The second-order valence-electron chi connectivity index (χ2n) is 7.18. The average molecular weight is 409 g/mol. The fourth-order valence-electron chi connectivity index (χ4n) is 3.29. The van der Waals surface area contributed by atoms with Crippen molar-refractivity contribution in [3.8, 4) is 16.9 Å². The van der Waals surface area contributed by atoms with E-state index in [0.29, 0.717) is 5.82 Å². The number of aryl methyl sites for hydroxylation is 5. The van der Waals surface area contributed by atoms with Gasteiger partial charge >= 0.3 is 0 Å². The van der Waals surface area contributed by atoms with Crippen LogP contribution in [-0.4, -0.2) is 31.8 Å². The lowest BCUT2D eigenvalue weighted by Gasteiger charge is -2.08. The predicted octanol–water partition coefficient (Wildman–Crippen LogP) is 4.24. The van der Waals surface area contributed by atoms with E-state index in [1.54, 1.807) is 11.6 Å². The third kappa shape index (κ3) is 4.42. The van der Waals surface area contributed by atoms with Crippen LogP contribution in [0.25, 0.3) is 16.8 Å². The molecule has 0 saturated heterocycles. The summed E-state index contributed by atoms with van der Waals surface area (Å²) in [7, 11) is 1.67. The van der Waals surface area contributed by atoms with Crippen LogP contribution < -0.4 is 10.5 Å². The molecule has 8 heteroatoms. The van der Waals surface area contributed by atoms with Gasteiger partial charge < -0.3 is 15.0 Å². The first-order chi connectivity index (χ1) is 14.3. The van der Waals surface area contributed by atoms with Crippen molar-refractivity contribution >= 4 is 11.5 Å². The fourth-order valence-corrected chi connectivity index (χ4v) is 3.29. The number of methoxy groups -OCH3 is 1. The van der Waals surface area contributed by atoms with Crippen LogP contribution in [-0.2, 0) is 6.42 Å². The highest BCUT2D eigenvalue weighted by atomic mass is 16.5. The highest BCUT2D eigenvalue weighted by Crippen LogP contribution is 2.32. The lowest BCUT2D eigenvalue weighted by atomic mass is 10.0. The molecule has 0 spiro atoms. The summed E-state index contributed by atoms with van der Waals surface area (Å²) in [5, 5.41) is 8.16. The van der Waals surface area contributed by atoms with E-state index in [9.17, 15) is 0 Å². The number of hydrogen-bond donors (Lipinski definition) is 1. The molecule has 2 N–H and O–H groups in total. The number of nitrogen functional groups attached to an aromatic ring is 1. The van der Waals surface area contributed by atoms with Gasteiger partial charge in [0.25, 0.3) is 0 Å². The molecule has 0 amide bonds. The number of fused-ring (bicyclic) bond motifs is 1. The Bertz CT molecular complexity index is 1160. The Labute approximate surface area is 176 Å². The van der Waals surface area contributed by atoms with E-state index in [-0.39, 0.29) is 0 Å². The monoisotopic (exact) mass is 408 g/mol. The Morgan fingerprint density at radius 3 is 2.47 bits per heavy atom. The van der Waals surface area contributed by atoms with Crippen molar-refractivity contribution in [3.05, 3.63) is 52.9 Å². The highest BCUT2D eigenvalue weighted by molar-refractivity contribution is 5.83. The van der Waals surface area contributed by atoms with Gasteiger partial charge in [0.05, 0.1) is 12.8 Å². The van der Waals surface area contributed by atoms with Gasteiger partial charge in [-0.15, -0.1) is 0 Å². The number of nitrogens with two attached hydrogens (primary N) is 1.